The van der Waals surface area contributed by atoms with Gasteiger partial charge in [-0.2, -0.15) is 11.8 Å². The van der Waals surface area contributed by atoms with Crippen molar-refractivity contribution < 1.29 is 5.21 Å². The minimum atomic E-state index is 0.277. The molecule has 12 heavy (non-hydrogen) atoms. The van der Waals surface area contributed by atoms with Crippen molar-refractivity contribution in [2.45, 2.75) is 18.6 Å². The smallest absolute Gasteiger partial charge is 0.140 e. The van der Waals surface area contributed by atoms with Crippen LogP contribution in [0.3, 0.4) is 0 Å². The second kappa shape index (κ2) is 7.24. The summed E-state index contributed by atoms with van der Waals surface area (Å²) in [4.78, 5) is 0. The van der Waals surface area contributed by atoms with Gasteiger partial charge in [-0.1, -0.05) is 12.1 Å². The van der Waals surface area contributed by atoms with E-state index < -0.39 is 0 Å². The molecule has 0 spiro atoms. The summed E-state index contributed by atoms with van der Waals surface area (Å²) in [5.41, 5.74) is 5.28. The molecule has 0 saturated heterocycles. The van der Waals surface area contributed by atoms with Gasteiger partial charge in [0.2, 0.25) is 0 Å². The number of nitrogens with one attached hydrogen (secondary N) is 1. The zero-order chi connectivity index (χ0) is 9.40. The molecule has 0 aliphatic heterocycles. The van der Waals surface area contributed by atoms with E-state index in [1.54, 1.807) is 0 Å². The minimum absolute atomic E-state index is 0.277. The van der Waals surface area contributed by atoms with Gasteiger partial charge < -0.3 is 16.3 Å². The highest BCUT2D eigenvalue weighted by Gasteiger charge is 1.98. The molecule has 0 amide bonds. The molecule has 1 unspecified atom stereocenters. The lowest BCUT2D eigenvalue weighted by Crippen LogP contribution is -2.27. The van der Waals surface area contributed by atoms with E-state index in [1.165, 1.54) is 0 Å². The molecule has 0 rings (SSSR count). The van der Waals surface area contributed by atoms with Crippen LogP contribution in [0.15, 0.2) is 5.16 Å². The number of nitrogens with two attached hydrogens (primary N) is 1. The maximum absolute atomic E-state index is 8.22. The van der Waals surface area contributed by atoms with Gasteiger partial charge in [-0.15, -0.1) is 0 Å². The molecule has 0 aromatic heterocycles. The maximum Gasteiger partial charge on any atom is 0.140 e. The fraction of sp³-hybridized carbons (Fsp3) is 0.857. The number of nitrogens with zero attached hydrogens (tertiary/aromatic N) is 1. The van der Waals surface area contributed by atoms with Crippen LogP contribution in [0.4, 0.5) is 0 Å². The topological polar surface area (TPSA) is 70.6 Å². The van der Waals surface area contributed by atoms with E-state index in [0.717, 1.165) is 13.1 Å². The predicted molar refractivity (Wildman–Crippen MR) is 53.9 cm³/mol. The highest BCUT2D eigenvalue weighted by Crippen LogP contribution is 2.01. The average molecular weight is 191 g/mol. The second-order valence-corrected chi connectivity index (χ2v) is 3.87. The molecule has 0 aliphatic rings. The molecule has 72 valence electrons. The summed E-state index contributed by atoms with van der Waals surface area (Å²) in [6.07, 6.45) is 2.67. The molecular weight excluding hydrogens is 174 g/mol. The van der Waals surface area contributed by atoms with Crippen molar-refractivity contribution >= 4 is 17.6 Å². The Bertz CT molecular complexity index is 141. The lowest BCUT2D eigenvalue weighted by atomic mass is 10.4. The number of rotatable bonds is 6. The van der Waals surface area contributed by atoms with Crippen LogP contribution in [-0.4, -0.2) is 35.6 Å². The van der Waals surface area contributed by atoms with Crippen molar-refractivity contribution in [1.29, 1.82) is 0 Å². The summed E-state index contributed by atoms with van der Waals surface area (Å²) in [5, 5.41) is 14.9. The lowest BCUT2D eigenvalue weighted by Gasteiger charge is -2.08. The van der Waals surface area contributed by atoms with Gasteiger partial charge in [-0.05, 0) is 6.26 Å². The van der Waals surface area contributed by atoms with Crippen LogP contribution in [0, 0.1) is 0 Å². The molecule has 0 aliphatic carbocycles. The summed E-state index contributed by atoms with van der Waals surface area (Å²) in [6.45, 7) is 3.88. The van der Waals surface area contributed by atoms with E-state index in [9.17, 15) is 0 Å². The Balaban J connectivity index is 3.21. The van der Waals surface area contributed by atoms with Gasteiger partial charge in [0.05, 0.1) is 0 Å². The van der Waals surface area contributed by atoms with E-state index in [4.69, 9.17) is 10.9 Å². The van der Waals surface area contributed by atoms with Crippen LogP contribution >= 0.6 is 11.8 Å². The first-order valence-corrected chi connectivity index (χ1v) is 5.19. The van der Waals surface area contributed by atoms with Gasteiger partial charge in [-0.25, -0.2) is 0 Å². The lowest BCUT2D eigenvalue weighted by molar-refractivity contribution is 0.316. The highest BCUT2D eigenvalue weighted by molar-refractivity contribution is 7.99. The van der Waals surface area contributed by atoms with Gasteiger partial charge in [0, 0.05) is 24.8 Å². The van der Waals surface area contributed by atoms with E-state index in [2.05, 4.69) is 23.7 Å². The van der Waals surface area contributed by atoms with Crippen molar-refractivity contribution in [1.82, 2.24) is 5.32 Å². The Labute approximate surface area is 77.6 Å². The summed E-state index contributed by atoms with van der Waals surface area (Å²) in [7, 11) is 0. The molecule has 0 saturated carbocycles. The molecule has 0 bridgehead atoms. The van der Waals surface area contributed by atoms with E-state index >= 15 is 0 Å². The number of thioether (sulfide) groups is 1. The standard InChI is InChI=1S/C7H17N3OS/c1-6(12-2)5-9-4-3-7(8)10-11/h6,9,11H,3-5H2,1-2H3,(H2,8,10). The van der Waals surface area contributed by atoms with Crippen LogP contribution in [0.1, 0.15) is 13.3 Å². The van der Waals surface area contributed by atoms with E-state index in [-0.39, 0.29) is 5.84 Å². The third-order valence-corrected chi connectivity index (χ3v) is 2.49. The predicted octanol–water partition coefficient (Wildman–Crippen LogP) is 0.464. The molecule has 4 N–H and O–H groups in total. The van der Waals surface area contributed by atoms with Crippen LogP contribution in [0.25, 0.3) is 0 Å². The second-order valence-electron chi connectivity index (χ2n) is 2.59. The quantitative estimate of drug-likeness (QED) is 0.188. The van der Waals surface area contributed by atoms with Crippen molar-refractivity contribution in [3.05, 3.63) is 0 Å². The number of hydrogen-bond acceptors (Lipinski definition) is 4. The van der Waals surface area contributed by atoms with Crippen molar-refractivity contribution in [3.63, 3.8) is 0 Å². The number of oxime groups is 1. The Kier molecular flexibility index (Phi) is 6.99. The van der Waals surface area contributed by atoms with Crippen molar-refractivity contribution in [3.8, 4) is 0 Å². The van der Waals surface area contributed by atoms with Crippen LogP contribution in [-0.2, 0) is 0 Å². The maximum atomic E-state index is 8.22. The Hall–Kier alpha value is -0.420. The summed E-state index contributed by atoms with van der Waals surface area (Å²) in [5.74, 6) is 0.277. The first-order chi connectivity index (χ1) is 5.70. The normalized spacial score (nSPS) is 14.7. The third-order valence-electron chi connectivity index (χ3n) is 1.52. The summed E-state index contributed by atoms with van der Waals surface area (Å²) < 4.78 is 0. The average Bonchev–Trinajstić information content (AvgIpc) is 2.11. The Morgan fingerprint density at radius 3 is 2.92 bits per heavy atom. The molecule has 4 nitrogen and oxygen atoms in total. The summed E-state index contributed by atoms with van der Waals surface area (Å²) in [6, 6.07) is 0. The van der Waals surface area contributed by atoms with Gasteiger partial charge in [-0.3, -0.25) is 0 Å². The molecule has 0 aromatic rings. The molecule has 0 aromatic carbocycles. The zero-order valence-electron chi connectivity index (χ0n) is 7.58. The molecule has 0 heterocycles. The monoisotopic (exact) mass is 191 g/mol. The van der Waals surface area contributed by atoms with Crippen molar-refractivity contribution in [2.24, 2.45) is 10.9 Å². The van der Waals surface area contributed by atoms with Gasteiger partial charge in [0.1, 0.15) is 5.84 Å². The molecule has 5 heteroatoms. The van der Waals surface area contributed by atoms with Gasteiger partial charge in [0.25, 0.3) is 0 Å². The van der Waals surface area contributed by atoms with E-state index in [0.29, 0.717) is 11.7 Å². The van der Waals surface area contributed by atoms with Crippen molar-refractivity contribution in [2.75, 3.05) is 19.3 Å². The summed E-state index contributed by atoms with van der Waals surface area (Å²) >= 11 is 1.82. The van der Waals surface area contributed by atoms with Gasteiger partial charge in [0.15, 0.2) is 0 Å². The Morgan fingerprint density at radius 1 is 1.75 bits per heavy atom. The molecule has 0 fully saturated rings. The molecular formula is C7H17N3OS. The highest BCUT2D eigenvalue weighted by atomic mass is 32.2. The Morgan fingerprint density at radius 2 is 2.42 bits per heavy atom. The van der Waals surface area contributed by atoms with Crippen LogP contribution in [0.2, 0.25) is 0 Å². The third kappa shape index (κ3) is 6.30. The molecule has 1 atom stereocenters. The largest absolute Gasteiger partial charge is 0.409 e. The SMILES string of the molecule is CSC(C)CNCCC(N)=NO. The first kappa shape index (κ1) is 11.6. The fourth-order valence-corrected chi connectivity index (χ4v) is 0.940. The fourth-order valence-electron chi connectivity index (χ4n) is 0.655. The molecule has 0 radical (unpaired) electrons. The van der Waals surface area contributed by atoms with E-state index in [1.807, 2.05) is 11.8 Å². The van der Waals surface area contributed by atoms with Crippen LogP contribution < -0.4 is 11.1 Å². The first-order valence-electron chi connectivity index (χ1n) is 3.90. The van der Waals surface area contributed by atoms with Crippen LogP contribution in [0.5, 0.6) is 0 Å². The number of amidine groups is 1. The minimum Gasteiger partial charge on any atom is -0.409 e. The number of hydrogen-bond donors (Lipinski definition) is 3. The van der Waals surface area contributed by atoms with Gasteiger partial charge >= 0.3 is 0 Å². The zero-order valence-corrected chi connectivity index (χ0v) is 8.40.